The van der Waals surface area contributed by atoms with E-state index in [2.05, 4.69) is 18.7 Å². The molecule has 0 aromatic carbocycles. The van der Waals surface area contributed by atoms with Gasteiger partial charge in [0.1, 0.15) is 0 Å². The molecule has 1 fully saturated rings. The van der Waals surface area contributed by atoms with Crippen LogP contribution < -0.4 is 0 Å². The molecule has 2 rings (SSSR count). The van der Waals surface area contributed by atoms with E-state index in [4.69, 9.17) is 0 Å². The molecule has 1 saturated carbocycles. The van der Waals surface area contributed by atoms with Crippen molar-refractivity contribution in [3.05, 3.63) is 24.3 Å². The molecule has 0 atom stereocenters. The summed E-state index contributed by atoms with van der Waals surface area (Å²) in [6.45, 7) is 3.90. The first kappa shape index (κ1) is 6.21. The lowest BCUT2D eigenvalue weighted by molar-refractivity contribution is 0.735. The molecule has 0 heterocycles. The monoisotopic (exact) mass is 134 g/mol. The minimum atomic E-state index is 0.497. The second-order valence-electron chi connectivity index (χ2n) is 3.48. The van der Waals surface area contributed by atoms with Crippen molar-refractivity contribution in [3.8, 4) is 0 Å². The lowest BCUT2D eigenvalue weighted by atomic mass is 9.96. The fourth-order valence-corrected chi connectivity index (χ4v) is 1.91. The van der Waals surface area contributed by atoms with Crippen LogP contribution in [0.4, 0.5) is 0 Å². The predicted molar refractivity (Wildman–Crippen MR) is 43.8 cm³/mol. The van der Waals surface area contributed by atoms with Crippen LogP contribution in [0.2, 0.25) is 0 Å². The zero-order chi connectivity index (χ0) is 7.03. The molecule has 0 amide bonds. The highest BCUT2D eigenvalue weighted by atomic mass is 14.5. The smallest absolute Gasteiger partial charge is 0.00890 e. The van der Waals surface area contributed by atoms with Gasteiger partial charge in [-0.15, -0.1) is 6.58 Å². The summed E-state index contributed by atoms with van der Waals surface area (Å²) in [7, 11) is 0. The van der Waals surface area contributed by atoms with Crippen LogP contribution in [0.5, 0.6) is 0 Å². The van der Waals surface area contributed by atoms with Crippen molar-refractivity contribution in [2.45, 2.75) is 32.1 Å². The summed E-state index contributed by atoms with van der Waals surface area (Å²) in [6, 6.07) is 0. The summed E-state index contributed by atoms with van der Waals surface area (Å²) in [4.78, 5) is 0. The molecule has 0 heteroatoms. The summed E-state index contributed by atoms with van der Waals surface area (Å²) in [6.07, 6.45) is 11.3. The van der Waals surface area contributed by atoms with E-state index < -0.39 is 0 Å². The average molecular weight is 134 g/mol. The molecule has 0 spiro atoms. The third-order valence-electron chi connectivity index (χ3n) is 2.86. The van der Waals surface area contributed by atoms with E-state index >= 15 is 0 Å². The maximum absolute atomic E-state index is 3.90. The van der Waals surface area contributed by atoms with Crippen LogP contribution >= 0.6 is 0 Å². The fraction of sp³-hybridized carbons (Fsp3) is 0.600. The summed E-state index contributed by atoms with van der Waals surface area (Å²) in [5.41, 5.74) is 2.18. The van der Waals surface area contributed by atoms with Crippen LogP contribution in [0, 0.1) is 5.41 Å². The van der Waals surface area contributed by atoms with Gasteiger partial charge in [-0.25, -0.2) is 0 Å². The molecule has 10 heavy (non-hydrogen) atoms. The normalized spacial score (nSPS) is 27.8. The molecule has 0 aliphatic heterocycles. The van der Waals surface area contributed by atoms with E-state index in [1.165, 1.54) is 32.1 Å². The summed E-state index contributed by atoms with van der Waals surface area (Å²) in [5, 5.41) is 0. The minimum Gasteiger partial charge on any atom is -0.102 e. The van der Waals surface area contributed by atoms with Crippen molar-refractivity contribution < 1.29 is 0 Å². The van der Waals surface area contributed by atoms with Gasteiger partial charge in [-0.3, -0.25) is 0 Å². The lowest BCUT2D eigenvalue weighted by Gasteiger charge is -2.09. The van der Waals surface area contributed by atoms with Gasteiger partial charge in [0.25, 0.3) is 0 Å². The van der Waals surface area contributed by atoms with E-state index in [-0.39, 0.29) is 0 Å². The van der Waals surface area contributed by atoms with Crippen LogP contribution in [0.3, 0.4) is 0 Å². The topological polar surface area (TPSA) is 0 Å². The number of allylic oxidation sites excluding steroid dienone is 3. The van der Waals surface area contributed by atoms with Crippen molar-refractivity contribution in [1.82, 2.24) is 0 Å². The highest BCUT2D eigenvalue weighted by Gasteiger charge is 2.42. The third kappa shape index (κ3) is 0.749. The van der Waals surface area contributed by atoms with E-state index in [1.807, 2.05) is 0 Å². The van der Waals surface area contributed by atoms with Crippen molar-refractivity contribution >= 4 is 0 Å². The maximum atomic E-state index is 3.90. The Hall–Kier alpha value is -0.520. The van der Waals surface area contributed by atoms with E-state index in [9.17, 15) is 0 Å². The Morgan fingerprint density at radius 3 is 2.70 bits per heavy atom. The zero-order valence-corrected chi connectivity index (χ0v) is 6.40. The molecule has 0 N–H and O–H groups in total. The van der Waals surface area contributed by atoms with Gasteiger partial charge in [0.2, 0.25) is 0 Å². The summed E-state index contributed by atoms with van der Waals surface area (Å²) >= 11 is 0. The van der Waals surface area contributed by atoms with E-state index in [1.54, 1.807) is 5.57 Å². The van der Waals surface area contributed by atoms with Crippen LogP contribution in [0.25, 0.3) is 0 Å². The summed E-state index contributed by atoms with van der Waals surface area (Å²) < 4.78 is 0. The quantitative estimate of drug-likeness (QED) is 0.509. The van der Waals surface area contributed by atoms with Gasteiger partial charge in [-0.2, -0.15) is 0 Å². The van der Waals surface area contributed by atoms with Gasteiger partial charge < -0.3 is 0 Å². The second kappa shape index (κ2) is 1.98. The molecule has 0 bridgehead atoms. The Kier molecular flexibility index (Phi) is 1.23. The highest BCUT2D eigenvalue weighted by molar-refractivity contribution is 5.30. The van der Waals surface area contributed by atoms with Gasteiger partial charge in [0.05, 0.1) is 0 Å². The predicted octanol–water partition coefficient (Wildman–Crippen LogP) is 3.06. The van der Waals surface area contributed by atoms with Crippen LogP contribution in [0.1, 0.15) is 32.1 Å². The van der Waals surface area contributed by atoms with Gasteiger partial charge in [0, 0.05) is 5.41 Å². The van der Waals surface area contributed by atoms with Crippen molar-refractivity contribution in [1.29, 1.82) is 0 Å². The van der Waals surface area contributed by atoms with Gasteiger partial charge in [0.15, 0.2) is 0 Å². The van der Waals surface area contributed by atoms with Crippen molar-refractivity contribution in [2.24, 2.45) is 5.41 Å². The molecule has 2 aliphatic carbocycles. The first-order chi connectivity index (χ1) is 4.87. The Morgan fingerprint density at radius 2 is 2.30 bits per heavy atom. The molecule has 0 aromatic rings. The Morgan fingerprint density at radius 1 is 1.50 bits per heavy atom. The van der Waals surface area contributed by atoms with Crippen LogP contribution in [0.15, 0.2) is 24.3 Å². The fourth-order valence-electron chi connectivity index (χ4n) is 1.91. The van der Waals surface area contributed by atoms with Crippen LogP contribution in [-0.4, -0.2) is 0 Å². The number of hydrogen-bond donors (Lipinski definition) is 0. The molecule has 0 radical (unpaired) electrons. The minimum absolute atomic E-state index is 0.497. The second-order valence-corrected chi connectivity index (χ2v) is 3.48. The van der Waals surface area contributed by atoms with Crippen molar-refractivity contribution in [3.63, 3.8) is 0 Å². The average Bonchev–Trinajstić information content (AvgIpc) is 2.58. The molecular weight excluding hydrogens is 120 g/mol. The Bertz CT molecular complexity index is 182. The first-order valence-corrected chi connectivity index (χ1v) is 4.20. The van der Waals surface area contributed by atoms with Crippen molar-refractivity contribution in [2.75, 3.05) is 0 Å². The molecule has 2 aliphatic rings. The largest absolute Gasteiger partial charge is 0.102 e. The number of rotatable bonds is 2. The van der Waals surface area contributed by atoms with Crippen LogP contribution in [-0.2, 0) is 0 Å². The molecule has 54 valence electrons. The third-order valence-corrected chi connectivity index (χ3v) is 2.86. The molecule has 0 unspecified atom stereocenters. The molecular formula is C10H14. The molecule has 0 nitrogen and oxygen atoms in total. The SMILES string of the molecule is C=CC1(C2=CCCC2)CC1. The first-order valence-electron chi connectivity index (χ1n) is 4.20. The molecule has 0 aromatic heterocycles. The Balaban J connectivity index is 2.17. The van der Waals surface area contributed by atoms with Gasteiger partial charge in [-0.05, 0) is 32.1 Å². The summed E-state index contributed by atoms with van der Waals surface area (Å²) in [5.74, 6) is 0. The number of hydrogen-bond acceptors (Lipinski definition) is 0. The molecule has 0 saturated heterocycles. The van der Waals surface area contributed by atoms with E-state index in [0.717, 1.165) is 0 Å². The van der Waals surface area contributed by atoms with E-state index in [0.29, 0.717) is 5.41 Å². The standard InChI is InChI=1S/C10H14/c1-2-10(7-8-10)9-5-3-4-6-9/h2,5H,1,3-4,6-8H2. The highest BCUT2D eigenvalue weighted by Crippen LogP contribution is 2.55. The lowest BCUT2D eigenvalue weighted by Crippen LogP contribution is -1.96. The van der Waals surface area contributed by atoms with Gasteiger partial charge >= 0.3 is 0 Å². The maximum Gasteiger partial charge on any atom is 0.00890 e. The Labute approximate surface area is 62.6 Å². The van der Waals surface area contributed by atoms with Gasteiger partial charge in [-0.1, -0.05) is 17.7 Å². The zero-order valence-electron chi connectivity index (χ0n) is 6.40.